The van der Waals surface area contributed by atoms with E-state index < -0.39 is 0 Å². The van der Waals surface area contributed by atoms with Gasteiger partial charge >= 0.3 is 0 Å². The highest BCUT2D eigenvalue weighted by molar-refractivity contribution is 5.50. The van der Waals surface area contributed by atoms with Gasteiger partial charge in [-0.15, -0.1) is 0 Å². The monoisotopic (exact) mass is 289 g/mol. The van der Waals surface area contributed by atoms with Gasteiger partial charge in [0.2, 0.25) is 0 Å². The van der Waals surface area contributed by atoms with E-state index in [0.29, 0.717) is 0 Å². The molecule has 3 nitrogen and oxygen atoms in total. The predicted molar refractivity (Wildman–Crippen MR) is 85.2 cm³/mol. The summed E-state index contributed by atoms with van der Waals surface area (Å²) in [6, 6.07) is 7.06. The summed E-state index contributed by atoms with van der Waals surface area (Å²) in [5.74, 6) is 1.87. The molecule has 1 fully saturated rings. The molecular weight excluding hydrogens is 262 g/mol. The molecule has 1 saturated carbocycles. The molecule has 3 heteroatoms. The van der Waals surface area contributed by atoms with E-state index in [2.05, 4.69) is 31.3 Å². The van der Waals surface area contributed by atoms with Crippen LogP contribution in [0.5, 0.6) is 11.5 Å². The van der Waals surface area contributed by atoms with Gasteiger partial charge in [-0.3, -0.25) is 0 Å². The van der Waals surface area contributed by atoms with Crippen LogP contribution in [0.4, 0.5) is 0 Å². The molecule has 21 heavy (non-hydrogen) atoms. The molecule has 1 heterocycles. The van der Waals surface area contributed by atoms with Crippen molar-refractivity contribution in [1.82, 2.24) is 5.32 Å². The number of unbranched alkanes of at least 4 members (excludes halogenated alkanes) is 2. The number of benzene rings is 1. The van der Waals surface area contributed by atoms with E-state index >= 15 is 0 Å². The van der Waals surface area contributed by atoms with Gasteiger partial charge in [0, 0.05) is 18.0 Å². The van der Waals surface area contributed by atoms with Crippen LogP contribution < -0.4 is 14.8 Å². The van der Waals surface area contributed by atoms with E-state index in [0.717, 1.165) is 43.5 Å². The quantitative estimate of drug-likeness (QED) is 0.740. The molecule has 0 spiro atoms. The number of hydrogen-bond donors (Lipinski definition) is 1. The minimum absolute atomic E-state index is 0.101. The van der Waals surface area contributed by atoms with Crippen molar-refractivity contribution < 1.29 is 9.47 Å². The fourth-order valence-electron chi connectivity index (χ4n) is 2.88. The molecule has 1 aromatic carbocycles. The Morgan fingerprint density at radius 1 is 1.24 bits per heavy atom. The summed E-state index contributed by atoms with van der Waals surface area (Å²) >= 11 is 0. The second kappa shape index (κ2) is 6.27. The van der Waals surface area contributed by atoms with Crippen molar-refractivity contribution in [3.63, 3.8) is 0 Å². The van der Waals surface area contributed by atoms with Crippen LogP contribution >= 0.6 is 0 Å². The first kappa shape index (κ1) is 14.7. The first-order chi connectivity index (χ1) is 10.1. The highest BCUT2D eigenvalue weighted by atomic mass is 16.5. The first-order valence-electron chi connectivity index (χ1n) is 8.31. The lowest BCUT2D eigenvalue weighted by molar-refractivity contribution is 0.132. The Morgan fingerprint density at radius 3 is 2.90 bits per heavy atom. The van der Waals surface area contributed by atoms with Gasteiger partial charge in [-0.2, -0.15) is 0 Å². The highest BCUT2D eigenvalue weighted by Crippen LogP contribution is 2.41. The maximum Gasteiger partial charge on any atom is 0.165 e. The predicted octanol–water partition coefficient (Wildman–Crippen LogP) is 3.70. The molecule has 0 unspecified atom stereocenters. The fraction of sp³-hybridized carbons (Fsp3) is 0.667. The molecule has 1 aliphatic heterocycles. The van der Waals surface area contributed by atoms with Crippen LogP contribution in [0.2, 0.25) is 0 Å². The van der Waals surface area contributed by atoms with Gasteiger partial charge in [0.1, 0.15) is 5.60 Å². The third-order valence-corrected chi connectivity index (χ3v) is 4.14. The van der Waals surface area contributed by atoms with E-state index in [1.54, 1.807) is 0 Å². The van der Waals surface area contributed by atoms with Crippen molar-refractivity contribution in [1.29, 1.82) is 0 Å². The summed E-state index contributed by atoms with van der Waals surface area (Å²) in [6.07, 6.45) is 7.29. The Kier molecular flexibility index (Phi) is 4.39. The van der Waals surface area contributed by atoms with Crippen molar-refractivity contribution in [2.24, 2.45) is 0 Å². The molecule has 0 saturated heterocycles. The normalized spacial score (nSPS) is 19.1. The van der Waals surface area contributed by atoms with Crippen LogP contribution in [0.1, 0.15) is 51.5 Å². The van der Waals surface area contributed by atoms with E-state index in [4.69, 9.17) is 9.47 Å². The number of ether oxygens (including phenoxy) is 2. The third-order valence-electron chi connectivity index (χ3n) is 4.14. The van der Waals surface area contributed by atoms with E-state index in [1.807, 2.05) is 6.07 Å². The van der Waals surface area contributed by atoms with Crippen molar-refractivity contribution in [3.8, 4) is 11.5 Å². The van der Waals surface area contributed by atoms with Gasteiger partial charge < -0.3 is 14.8 Å². The average Bonchev–Trinajstić information content (AvgIpc) is 3.19. The summed E-state index contributed by atoms with van der Waals surface area (Å²) in [7, 11) is 0. The van der Waals surface area contributed by atoms with E-state index in [9.17, 15) is 0 Å². The van der Waals surface area contributed by atoms with Gasteiger partial charge in [0.25, 0.3) is 0 Å². The van der Waals surface area contributed by atoms with Gasteiger partial charge in [-0.25, -0.2) is 0 Å². The topological polar surface area (TPSA) is 30.5 Å². The number of nitrogens with one attached hydrogen (secondary N) is 1. The van der Waals surface area contributed by atoms with Crippen LogP contribution in [-0.2, 0) is 6.42 Å². The van der Waals surface area contributed by atoms with Crippen molar-refractivity contribution in [2.75, 3.05) is 13.2 Å². The second-order valence-electron chi connectivity index (χ2n) is 6.92. The minimum Gasteiger partial charge on any atom is -0.490 e. The number of fused-ring (bicyclic) bond motifs is 1. The molecular formula is C18H27NO2. The molecule has 0 amide bonds. The second-order valence-corrected chi connectivity index (χ2v) is 6.92. The van der Waals surface area contributed by atoms with Crippen LogP contribution in [0, 0.1) is 0 Å². The molecule has 116 valence electrons. The van der Waals surface area contributed by atoms with E-state index in [1.165, 1.54) is 31.2 Å². The summed E-state index contributed by atoms with van der Waals surface area (Å²) in [6.45, 7) is 6.19. The zero-order valence-corrected chi connectivity index (χ0v) is 13.3. The number of rotatable bonds is 8. The van der Waals surface area contributed by atoms with Gasteiger partial charge in [0.05, 0.1) is 6.61 Å². The minimum atomic E-state index is -0.101. The van der Waals surface area contributed by atoms with Gasteiger partial charge in [-0.05, 0) is 58.6 Å². The fourth-order valence-corrected chi connectivity index (χ4v) is 2.88. The number of para-hydroxylation sites is 1. The zero-order valence-electron chi connectivity index (χ0n) is 13.3. The largest absolute Gasteiger partial charge is 0.490 e. The standard InChI is InChI=1S/C18H27NO2/c1-18(2)13-14-7-6-8-16(17(14)21-18)20-12-5-3-4-11-19-15-9-10-15/h6-8,15,19H,3-5,9-13H2,1-2H3. The Morgan fingerprint density at radius 2 is 2.10 bits per heavy atom. The van der Waals surface area contributed by atoms with E-state index in [-0.39, 0.29) is 5.60 Å². The first-order valence-corrected chi connectivity index (χ1v) is 8.31. The van der Waals surface area contributed by atoms with Crippen molar-refractivity contribution in [2.45, 2.75) is 64.0 Å². The average molecular weight is 289 g/mol. The number of hydrogen-bond acceptors (Lipinski definition) is 3. The molecule has 3 rings (SSSR count). The Bertz CT molecular complexity index is 480. The SMILES string of the molecule is CC1(C)Cc2cccc(OCCCCCNC3CC3)c2O1. The molecule has 0 radical (unpaired) electrons. The molecule has 1 aliphatic carbocycles. The summed E-state index contributed by atoms with van der Waals surface area (Å²) in [4.78, 5) is 0. The Balaban J connectivity index is 1.38. The van der Waals surface area contributed by atoms with Gasteiger partial charge in [-0.1, -0.05) is 12.1 Å². The molecule has 0 aromatic heterocycles. The van der Waals surface area contributed by atoms with Crippen LogP contribution in [0.3, 0.4) is 0 Å². The van der Waals surface area contributed by atoms with Crippen LogP contribution in [-0.4, -0.2) is 24.8 Å². The van der Waals surface area contributed by atoms with Crippen LogP contribution in [0.25, 0.3) is 0 Å². The zero-order chi connectivity index (χ0) is 14.7. The third kappa shape index (κ3) is 4.13. The lowest BCUT2D eigenvalue weighted by Gasteiger charge is -2.18. The molecule has 0 bridgehead atoms. The maximum absolute atomic E-state index is 6.02. The Hall–Kier alpha value is -1.22. The molecule has 1 aromatic rings. The molecule has 0 atom stereocenters. The van der Waals surface area contributed by atoms with Gasteiger partial charge in [0.15, 0.2) is 11.5 Å². The summed E-state index contributed by atoms with van der Waals surface area (Å²) in [5, 5.41) is 3.55. The van der Waals surface area contributed by atoms with Crippen LogP contribution in [0.15, 0.2) is 18.2 Å². The Labute approximate surface area is 128 Å². The lowest BCUT2D eigenvalue weighted by atomic mass is 10.0. The highest BCUT2D eigenvalue weighted by Gasteiger charge is 2.32. The maximum atomic E-state index is 6.02. The molecule has 2 aliphatic rings. The van der Waals surface area contributed by atoms with Crippen molar-refractivity contribution >= 4 is 0 Å². The molecule has 1 N–H and O–H groups in total. The summed E-state index contributed by atoms with van der Waals surface area (Å²) in [5.41, 5.74) is 1.17. The summed E-state index contributed by atoms with van der Waals surface area (Å²) < 4.78 is 12.0. The van der Waals surface area contributed by atoms with Crippen molar-refractivity contribution in [3.05, 3.63) is 23.8 Å². The smallest absolute Gasteiger partial charge is 0.165 e. The lowest BCUT2D eigenvalue weighted by Crippen LogP contribution is -2.24.